The van der Waals surface area contributed by atoms with E-state index in [0.29, 0.717) is 0 Å². The van der Waals surface area contributed by atoms with E-state index in [-0.39, 0.29) is 12.4 Å². The lowest BCUT2D eigenvalue weighted by atomic mass is 9.96. The van der Waals surface area contributed by atoms with E-state index >= 15 is 0 Å². The molecule has 88 valence electrons. The van der Waals surface area contributed by atoms with Gasteiger partial charge in [-0.3, -0.25) is 0 Å². The predicted molar refractivity (Wildman–Crippen MR) is 70.4 cm³/mol. The van der Waals surface area contributed by atoms with Gasteiger partial charge in [0.15, 0.2) is 0 Å². The zero-order valence-corrected chi connectivity index (χ0v) is 10.6. The van der Waals surface area contributed by atoms with E-state index in [4.69, 9.17) is 4.74 Å². The van der Waals surface area contributed by atoms with Crippen molar-refractivity contribution in [3.05, 3.63) is 35.4 Å². The van der Waals surface area contributed by atoms with Crippen LogP contribution in [0.2, 0.25) is 0 Å². The summed E-state index contributed by atoms with van der Waals surface area (Å²) in [5, 5.41) is 3.33. The van der Waals surface area contributed by atoms with Crippen molar-refractivity contribution in [2.24, 2.45) is 0 Å². The molecule has 3 heteroatoms. The molecule has 2 rings (SSSR count). The SMILES string of the molecule is COc1ccc(C2=CCNCC2)c(C)c1.Cl. The summed E-state index contributed by atoms with van der Waals surface area (Å²) in [4.78, 5) is 0. The molecule has 1 heterocycles. The molecule has 1 aliphatic rings. The second-order valence-electron chi connectivity index (χ2n) is 3.86. The molecule has 0 saturated heterocycles. The second kappa shape index (κ2) is 5.92. The number of aryl methyl sites for hydroxylation is 1. The van der Waals surface area contributed by atoms with Crippen molar-refractivity contribution in [1.29, 1.82) is 0 Å². The third-order valence-electron chi connectivity index (χ3n) is 2.84. The minimum absolute atomic E-state index is 0. The van der Waals surface area contributed by atoms with Crippen LogP contribution in [0.1, 0.15) is 17.5 Å². The highest BCUT2D eigenvalue weighted by atomic mass is 35.5. The minimum atomic E-state index is 0. The summed E-state index contributed by atoms with van der Waals surface area (Å²) in [5.41, 5.74) is 4.11. The number of rotatable bonds is 2. The molecule has 0 amide bonds. The summed E-state index contributed by atoms with van der Waals surface area (Å²) in [5.74, 6) is 0.936. The molecule has 0 fully saturated rings. The fourth-order valence-electron chi connectivity index (χ4n) is 1.99. The molecular weight excluding hydrogens is 222 g/mol. The van der Waals surface area contributed by atoms with Crippen LogP contribution in [0.3, 0.4) is 0 Å². The maximum atomic E-state index is 5.21. The van der Waals surface area contributed by atoms with Gasteiger partial charge in [-0.1, -0.05) is 12.1 Å². The van der Waals surface area contributed by atoms with Crippen molar-refractivity contribution < 1.29 is 4.74 Å². The smallest absolute Gasteiger partial charge is 0.119 e. The number of nitrogens with one attached hydrogen (secondary N) is 1. The first-order valence-corrected chi connectivity index (χ1v) is 5.36. The van der Waals surface area contributed by atoms with Gasteiger partial charge in [-0.25, -0.2) is 0 Å². The topological polar surface area (TPSA) is 21.3 Å². The molecule has 0 spiro atoms. The van der Waals surface area contributed by atoms with Gasteiger partial charge in [0.25, 0.3) is 0 Å². The standard InChI is InChI=1S/C13H17NO.ClH/c1-10-9-12(15-2)3-4-13(10)11-5-7-14-8-6-11;/h3-5,9,14H,6-8H2,1-2H3;1H. The Morgan fingerprint density at radius 1 is 1.31 bits per heavy atom. The normalized spacial score (nSPS) is 15.0. The Labute approximate surface area is 103 Å². The molecule has 1 aliphatic heterocycles. The van der Waals surface area contributed by atoms with Gasteiger partial charge in [-0.05, 0) is 48.7 Å². The van der Waals surface area contributed by atoms with E-state index in [1.165, 1.54) is 16.7 Å². The van der Waals surface area contributed by atoms with Crippen molar-refractivity contribution in [2.75, 3.05) is 20.2 Å². The van der Waals surface area contributed by atoms with Crippen LogP contribution in [0, 0.1) is 6.92 Å². The van der Waals surface area contributed by atoms with Crippen LogP contribution in [0.15, 0.2) is 24.3 Å². The van der Waals surface area contributed by atoms with Crippen molar-refractivity contribution in [3.8, 4) is 5.75 Å². The summed E-state index contributed by atoms with van der Waals surface area (Å²) in [6.07, 6.45) is 3.39. The molecule has 0 atom stereocenters. The maximum Gasteiger partial charge on any atom is 0.119 e. The summed E-state index contributed by atoms with van der Waals surface area (Å²) in [6, 6.07) is 6.29. The highest BCUT2D eigenvalue weighted by Gasteiger charge is 2.08. The highest BCUT2D eigenvalue weighted by Crippen LogP contribution is 2.26. The van der Waals surface area contributed by atoms with E-state index in [2.05, 4.69) is 30.4 Å². The maximum absolute atomic E-state index is 5.21. The van der Waals surface area contributed by atoms with E-state index in [1.807, 2.05) is 6.07 Å². The largest absolute Gasteiger partial charge is 0.497 e. The quantitative estimate of drug-likeness (QED) is 0.857. The molecule has 0 aromatic heterocycles. The van der Waals surface area contributed by atoms with E-state index in [0.717, 1.165) is 25.3 Å². The lowest BCUT2D eigenvalue weighted by Gasteiger charge is -2.16. The summed E-state index contributed by atoms with van der Waals surface area (Å²) < 4.78 is 5.21. The predicted octanol–water partition coefficient (Wildman–Crippen LogP) is 2.80. The summed E-state index contributed by atoms with van der Waals surface area (Å²) >= 11 is 0. The molecule has 0 aliphatic carbocycles. The van der Waals surface area contributed by atoms with Gasteiger partial charge in [0.05, 0.1) is 7.11 Å². The lowest BCUT2D eigenvalue weighted by molar-refractivity contribution is 0.414. The Morgan fingerprint density at radius 2 is 2.12 bits per heavy atom. The van der Waals surface area contributed by atoms with E-state index in [1.54, 1.807) is 7.11 Å². The minimum Gasteiger partial charge on any atom is -0.497 e. The van der Waals surface area contributed by atoms with Gasteiger partial charge in [-0.2, -0.15) is 0 Å². The molecule has 0 bridgehead atoms. The zero-order valence-electron chi connectivity index (χ0n) is 9.75. The lowest BCUT2D eigenvalue weighted by Crippen LogP contribution is -2.20. The van der Waals surface area contributed by atoms with Crippen molar-refractivity contribution in [1.82, 2.24) is 5.32 Å². The Hall–Kier alpha value is -0.990. The van der Waals surface area contributed by atoms with Gasteiger partial charge < -0.3 is 10.1 Å². The molecule has 1 aromatic carbocycles. The Kier molecular flexibility index (Phi) is 4.84. The molecular formula is C13H18ClNO. The number of benzene rings is 1. The van der Waals surface area contributed by atoms with Crippen molar-refractivity contribution in [3.63, 3.8) is 0 Å². The first-order valence-electron chi connectivity index (χ1n) is 5.36. The third kappa shape index (κ3) is 2.77. The molecule has 0 radical (unpaired) electrons. The first kappa shape index (κ1) is 13.1. The number of ether oxygens (including phenoxy) is 1. The first-order chi connectivity index (χ1) is 7.31. The fourth-order valence-corrected chi connectivity index (χ4v) is 1.99. The van der Waals surface area contributed by atoms with Crippen molar-refractivity contribution in [2.45, 2.75) is 13.3 Å². The van der Waals surface area contributed by atoms with Crippen LogP contribution in [0.4, 0.5) is 0 Å². The van der Waals surface area contributed by atoms with Gasteiger partial charge in [0.2, 0.25) is 0 Å². The highest BCUT2D eigenvalue weighted by molar-refractivity contribution is 5.85. The van der Waals surface area contributed by atoms with Crippen LogP contribution in [0.5, 0.6) is 5.75 Å². The average Bonchev–Trinajstić information content (AvgIpc) is 2.30. The number of halogens is 1. The molecule has 16 heavy (non-hydrogen) atoms. The van der Waals surface area contributed by atoms with Gasteiger partial charge in [0.1, 0.15) is 5.75 Å². The molecule has 2 nitrogen and oxygen atoms in total. The van der Waals surface area contributed by atoms with Gasteiger partial charge in [-0.15, -0.1) is 12.4 Å². The van der Waals surface area contributed by atoms with Crippen LogP contribution in [-0.2, 0) is 0 Å². The van der Waals surface area contributed by atoms with Crippen molar-refractivity contribution >= 4 is 18.0 Å². The van der Waals surface area contributed by atoms with Crippen LogP contribution >= 0.6 is 12.4 Å². The summed E-state index contributed by atoms with van der Waals surface area (Å²) in [7, 11) is 1.71. The van der Waals surface area contributed by atoms with Crippen LogP contribution < -0.4 is 10.1 Å². The Morgan fingerprint density at radius 3 is 2.69 bits per heavy atom. The summed E-state index contributed by atoms with van der Waals surface area (Å²) in [6.45, 7) is 4.21. The second-order valence-corrected chi connectivity index (χ2v) is 3.86. The van der Waals surface area contributed by atoms with E-state index in [9.17, 15) is 0 Å². The molecule has 1 N–H and O–H groups in total. The van der Waals surface area contributed by atoms with Gasteiger partial charge >= 0.3 is 0 Å². The monoisotopic (exact) mass is 239 g/mol. The Bertz CT molecular complexity index is 388. The third-order valence-corrected chi connectivity index (χ3v) is 2.84. The zero-order chi connectivity index (χ0) is 10.7. The fraction of sp³-hybridized carbons (Fsp3) is 0.385. The van der Waals surface area contributed by atoms with E-state index < -0.39 is 0 Å². The molecule has 0 unspecified atom stereocenters. The van der Waals surface area contributed by atoms with Gasteiger partial charge in [0, 0.05) is 6.54 Å². The Balaban J connectivity index is 0.00000128. The molecule has 0 saturated carbocycles. The number of methoxy groups -OCH3 is 1. The number of hydrogen-bond donors (Lipinski definition) is 1. The number of hydrogen-bond acceptors (Lipinski definition) is 2. The van der Waals surface area contributed by atoms with Crippen LogP contribution in [-0.4, -0.2) is 20.2 Å². The van der Waals surface area contributed by atoms with Crippen LogP contribution in [0.25, 0.3) is 5.57 Å². The average molecular weight is 240 g/mol. The molecule has 1 aromatic rings.